The quantitative estimate of drug-likeness (QED) is 0.841. The third-order valence-corrected chi connectivity index (χ3v) is 2.58. The molecule has 0 fully saturated rings. The average molecular weight is 282 g/mol. The Morgan fingerprint density at radius 1 is 1.16 bits per heavy atom. The maximum absolute atomic E-state index is 13.8. The van der Waals surface area contributed by atoms with Crippen LogP contribution in [0.1, 0.15) is 12.5 Å². The van der Waals surface area contributed by atoms with Crippen molar-refractivity contribution in [1.82, 2.24) is 0 Å². The summed E-state index contributed by atoms with van der Waals surface area (Å²) in [5.41, 5.74) is 4.94. The van der Waals surface area contributed by atoms with Crippen LogP contribution in [0.4, 0.5) is 27.6 Å². The minimum atomic E-state index is -4.52. The Morgan fingerprint density at radius 3 is 2.05 bits per heavy atom. The minimum Gasteiger partial charge on any atom is -0.358 e. The SMILES string of the molecule is CCN(CC(F)(F)F)c1c(F)cc(CCN)cc1F. The molecule has 0 atom stereocenters. The van der Waals surface area contributed by atoms with Gasteiger partial charge in [-0.15, -0.1) is 0 Å². The van der Waals surface area contributed by atoms with Crippen molar-refractivity contribution in [3.05, 3.63) is 29.3 Å². The van der Waals surface area contributed by atoms with E-state index in [1.54, 1.807) is 0 Å². The number of nitrogens with zero attached hydrogens (tertiary/aromatic N) is 1. The van der Waals surface area contributed by atoms with E-state index in [4.69, 9.17) is 5.73 Å². The largest absolute Gasteiger partial charge is 0.405 e. The van der Waals surface area contributed by atoms with E-state index < -0.39 is 30.0 Å². The van der Waals surface area contributed by atoms with Gasteiger partial charge in [-0.05, 0) is 37.6 Å². The fraction of sp³-hybridized carbons (Fsp3) is 0.500. The summed E-state index contributed by atoms with van der Waals surface area (Å²) in [5, 5.41) is 0. The van der Waals surface area contributed by atoms with E-state index in [1.807, 2.05) is 0 Å². The molecule has 0 aliphatic rings. The predicted octanol–water partition coefficient (Wildman–Crippen LogP) is 2.85. The highest BCUT2D eigenvalue weighted by atomic mass is 19.4. The number of alkyl halides is 3. The molecule has 0 heterocycles. The first-order valence-electron chi connectivity index (χ1n) is 5.78. The lowest BCUT2D eigenvalue weighted by molar-refractivity contribution is -0.119. The molecule has 0 spiro atoms. The molecule has 1 rings (SSSR count). The van der Waals surface area contributed by atoms with Crippen molar-refractivity contribution < 1.29 is 22.0 Å². The molecule has 2 N–H and O–H groups in total. The van der Waals surface area contributed by atoms with Gasteiger partial charge in [0.2, 0.25) is 0 Å². The molecular formula is C12H15F5N2. The van der Waals surface area contributed by atoms with Crippen LogP contribution in [0.3, 0.4) is 0 Å². The van der Waals surface area contributed by atoms with Gasteiger partial charge >= 0.3 is 6.18 Å². The van der Waals surface area contributed by atoms with Crippen molar-refractivity contribution in [2.75, 3.05) is 24.5 Å². The molecule has 108 valence electrons. The second kappa shape index (κ2) is 6.18. The van der Waals surface area contributed by atoms with Gasteiger partial charge in [-0.25, -0.2) is 8.78 Å². The summed E-state index contributed by atoms with van der Waals surface area (Å²) in [4.78, 5) is 0.622. The third kappa shape index (κ3) is 4.34. The monoisotopic (exact) mass is 282 g/mol. The summed E-state index contributed by atoms with van der Waals surface area (Å²) in [5.74, 6) is -2.01. The fourth-order valence-corrected chi connectivity index (χ4v) is 1.80. The second-order valence-electron chi connectivity index (χ2n) is 4.08. The second-order valence-corrected chi connectivity index (χ2v) is 4.08. The van der Waals surface area contributed by atoms with Gasteiger partial charge in [0, 0.05) is 6.54 Å². The van der Waals surface area contributed by atoms with Gasteiger partial charge in [0.1, 0.15) is 23.9 Å². The van der Waals surface area contributed by atoms with E-state index >= 15 is 0 Å². The molecule has 0 aliphatic carbocycles. The van der Waals surface area contributed by atoms with Gasteiger partial charge < -0.3 is 10.6 Å². The normalized spacial score (nSPS) is 11.7. The van der Waals surface area contributed by atoms with Gasteiger partial charge in [0.15, 0.2) is 0 Å². The lowest BCUT2D eigenvalue weighted by Gasteiger charge is -2.25. The Morgan fingerprint density at radius 2 is 1.68 bits per heavy atom. The molecule has 0 radical (unpaired) electrons. The van der Waals surface area contributed by atoms with E-state index in [-0.39, 0.29) is 19.5 Å². The van der Waals surface area contributed by atoms with Crippen LogP contribution in [0.25, 0.3) is 0 Å². The highest BCUT2D eigenvalue weighted by Gasteiger charge is 2.32. The first kappa shape index (κ1) is 15.7. The van der Waals surface area contributed by atoms with Crippen molar-refractivity contribution in [3.63, 3.8) is 0 Å². The van der Waals surface area contributed by atoms with Gasteiger partial charge in [-0.2, -0.15) is 13.2 Å². The van der Waals surface area contributed by atoms with Crippen LogP contribution < -0.4 is 10.6 Å². The van der Waals surface area contributed by atoms with Crippen molar-refractivity contribution in [2.24, 2.45) is 5.73 Å². The van der Waals surface area contributed by atoms with Crippen LogP contribution in [0.2, 0.25) is 0 Å². The Labute approximate surface area is 108 Å². The van der Waals surface area contributed by atoms with E-state index in [1.165, 1.54) is 6.92 Å². The van der Waals surface area contributed by atoms with Crippen molar-refractivity contribution in [3.8, 4) is 0 Å². The topological polar surface area (TPSA) is 29.3 Å². The van der Waals surface area contributed by atoms with Crippen molar-refractivity contribution in [2.45, 2.75) is 19.5 Å². The van der Waals surface area contributed by atoms with Crippen LogP contribution in [0, 0.1) is 11.6 Å². The zero-order valence-electron chi connectivity index (χ0n) is 10.4. The van der Waals surface area contributed by atoms with E-state index in [0.29, 0.717) is 10.5 Å². The molecule has 1 aromatic rings. The molecular weight excluding hydrogens is 267 g/mol. The number of benzene rings is 1. The molecule has 0 aliphatic heterocycles. The highest BCUT2D eigenvalue weighted by Crippen LogP contribution is 2.28. The molecule has 0 saturated heterocycles. The van der Waals surface area contributed by atoms with E-state index in [9.17, 15) is 22.0 Å². The molecule has 7 heteroatoms. The van der Waals surface area contributed by atoms with Crippen molar-refractivity contribution in [1.29, 1.82) is 0 Å². The smallest absolute Gasteiger partial charge is 0.358 e. The first-order valence-corrected chi connectivity index (χ1v) is 5.78. The third-order valence-electron chi connectivity index (χ3n) is 2.58. The Bertz CT molecular complexity index is 408. The average Bonchev–Trinajstić information content (AvgIpc) is 2.25. The first-order chi connectivity index (χ1) is 8.78. The minimum absolute atomic E-state index is 0.149. The fourth-order valence-electron chi connectivity index (χ4n) is 1.80. The summed E-state index contributed by atoms with van der Waals surface area (Å²) < 4.78 is 64.5. The maximum Gasteiger partial charge on any atom is 0.405 e. The summed E-state index contributed by atoms with van der Waals surface area (Å²) in [6.45, 7) is 0.0633. The van der Waals surface area contributed by atoms with E-state index in [0.717, 1.165) is 12.1 Å². The Kier molecular flexibility index (Phi) is 5.11. The number of anilines is 1. The summed E-state index contributed by atoms with van der Waals surface area (Å²) in [6.07, 6.45) is -4.26. The number of hydrogen-bond donors (Lipinski definition) is 1. The lowest BCUT2D eigenvalue weighted by atomic mass is 10.1. The van der Waals surface area contributed by atoms with Crippen LogP contribution in [0.15, 0.2) is 12.1 Å². The van der Waals surface area contributed by atoms with Crippen LogP contribution in [-0.4, -0.2) is 25.8 Å². The molecule has 0 aromatic heterocycles. The van der Waals surface area contributed by atoms with Gasteiger partial charge in [-0.1, -0.05) is 0 Å². The predicted molar refractivity (Wildman–Crippen MR) is 63.1 cm³/mol. The van der Waals surface area contributed by atoms with Crippen molar-refractivity contribution >= 4 is 5.69 Å². The zero-order chi connectivity index (χ0) is 14.6. The molecule has 0 amide bonds. The van der Waals surface area contributed by atoms with Gasteiger partial charge in [-0.3, -0.25) is 0 Å². The number of rotatable bonds is 5. The van der Waals surface area contributed by atoms with Crippen LogP contribution in [-0.2, 0) is 6.42 Å². The Balaban J connectivity index is 3.10. The zero-order valence-corrected chi connectivity index (χ0v) is 10.4. The Hall–Kier alpha value is -1.37. The van der Waals surface area contributed by atoms with E-state index in [2.05, 4.69) is 0 Å². The molecule has 0 unspecified atom stereocenters. The maximum atomic E-state index is 13.8. The molecule has 0 bridgehead atoms. The summed E-state index contributed by atoms with van der Waals surface area (Å²) in [7, 11) is 0. The van der Waals surface area contributed by atoms with Gasteiger partial charge in [0.25, 0.3) is 0 Å². The number of hydrogen-bond acceptors (Lipinski definition) is 2. The van der Waals surface area contributed by atoms with Crippen LogP contribution in [0.5, 0.6) is 0 Å². The number of nitrogens with two attached hydrogens (primary N) is 1. The highest BCUT2D eigenvalue weighted by molar-refractivity contribution is 5.51. The molecule has 2 nitrogen and oxygen atoms in total. The van der Waals surface area contributed by atoms with Gasteiger partial charge in [0.05, 0.1) is 0 Å². The molecule has 0 saturated carbocycles. The lowest BCUT2D eigenvalue weighted by Crippen LogP contribution is -2.35. The summed E-state index contributed by atoms with van der Waals surface area (Å²) >= 11 is 0. The number of halogens is 5. The molecule has 1 aromatic carbocycles. The standard InChI is InChI=1S/C12H15F5N2/c1-2-19(7-12(15,16)17)11-9(13)5-8(3-4-18)6-10(11)14/h5-6H,2-4,7,18H2,1H3. The van der Waals surface area contributed by atoms with Crippen LogP contribution >= 0.6 is 0 Å². The molecule has 19 heavy (non-hydrogen) atoms. The summed E-state index contributed by atoms with van der Waals surface area (Å²) in [6, 6.07) is 2.04.